The summed E-state index contributed by atoms with van der Waals surface area (Å²) in [6, 6.07) is 1.86. The molecule has 0 aromatic carbocycles. The molecule has 0 spiro atoms. The normalized spacial score (nSPS) is 18.8. The Kier molecular flexibility index (Phi) is 6.44. The van der Waals surface area contributed by atoms with Crippen LogP contribution in [0.25, 0.3) is 0 Å². The molecule has 1 aliphatic rings. The summed E-state index contributed by atoms with van der Waals surface area (Å²) in [4.78, 5) is 51.4. The van der Waals surface area contributed by atoms with Crippen molar-refractivity contribution in [2.75, 3.05) is 18.1 Å². The van der Waals surface area contributed by atoms with Crippen LogP contribution in [0.1, 0.15) is 33.3 Å². The van der Waals surface area contributed by atoms with Gasteiger partial charge < -0.3 is 9.47 Å². The summed E-state index contributed by atoms with van der Waals surface area (Å²) in [7, 11) is 0. The molecule has 11 heteroatoms. The van der Waals surface area contributed by atoms with Crippen molar-refractivity contribution in [3.8, 4) is 6.07 Å². The van der Waals surface area contributed by atoms with Crippen LogP contribution in [0.5, 0.6) is 0 Å². The molecular formula is C18H19ClN4O6. The Balaban J connectivity index is 2.97. The zero-order valence-corrected chi connectivity index (χ0v) is 17.0. The van der Waals surface area contributed by atoms with E-state index in [9.17, 15) is 24.4 Å². The maximum absolute atomic E-state index is 13.2. The highest BCUT2D eigenvalue weighted by Crippen LogP contribution is 2.44. The van der Waals surface area contributed by atoms with Crippen molar-refractivity contribution in [2.45, 2.75) is 38.6 Å². The number of aromatic nitrogens is 2. The standard InChI is InChI=1S/C18H19ClN4O6/c1-5-28-16(26)14(19)18(17(27)29-6-2)13(10(3)24)9-22(11(4)25)15-12(7-20)8-21-23(15)18/h8-9,14H,5-6H2,1-4H3. The largest absolute Gasteiger partial charge is 0.465 e. The van der Waals surface area contributed by atoms with Gasteiger partial charge in [0.15, 0.2) is 17.0 Å². The van der Waals surface area contributed by atoms with Gasteiger partial charge in [-0.25, -0.2) is 9.48 Å². The van der Waals surface area contributed by atoms with Crippen molar-refractivity contribution in [2.24, 2.45) is 0 Å². The Morgan fingerprint density at radius 3 is 2.34 bits per heavy atom. The van der Waals surface area contributed by atoms with Gasteiger partial charge >= 0.3 is 11.9 Å². The monoisotopic (exact) mass is 422 g/mol. The van der Waals surface area contributed by atoms with Crippen LogP contribution >= 0.6 is 11.6 Å². The second-order valence-electron chi connectivity index (χ2n) is 5.99. The third kappa shape index (κ3) is 3.38. The molecule has 10 nitrogen and oxygen atoms in total. The Hall–Kier alpha value is -3.19. The van der Waals surface area contributed by atoms with Crippen LogP contribution < -0.4 is 4.90 Å². The number of amides is 1. The summed E-state index contributed by atoms with van der Waals surface area (Å²) >= 11 is 6.41. The molecule has 1 aromatic heterocycles. The molecule has 0 N–H and O–H groups in total. The van der Waals surface area contributed by atoms with Gasteiger partial charge in [0, 0.05) is 13.1 Å². The van der Waals surface area contributed by atoms with Gasteiger partial charge in [-0.05, 0) is 20.8 Å². The van der Waals surface area contributed by atoms with Gasteiger partial charge in [0.05, 0.1) is 25.0 Å². The number of anilines is 1. The molecule has 0 saturated carbocycles. The van der Waals surface area contributed by atoms with Crippen LogP contribution in [-0.2, 0) is 34.2 Å². The Labute approximate surface area is 171 Å². The van der Waals surface area contributed by atoms with E-state index in [1.165, 1.54) is 13.8 Å². The first-order valence-corrected chi connectivity index (χ1v) is 9.11. The van der Waals surface area contributed by atoms with Crippen molar-refractivity contribution < 1.29 is 28.7 Å². The fourth-order valence-electron chi connectivity index (χ4n) is 3.08. The van der Waals surface area contributed by atoms with E-state index in [-0.39, 0.29) is 30.2 Å². The lowest BCUT2D eigenvalue weighted by Crippen LogP contribution is -2.59. The van der Waals surface area contributed by atoms with E-state index in [4.69, 9.17) is 21.1 Å². The van der Waals surface area contributed by atoms with Gasteiger partial charge in [-0.1, -0.05) is 0 Å². The van der Waals surface area contributed by atoms with E-state index >= 15 is 0 Å². The predicted molar refractivity (Wildman–Crippen MR) is 99.7 cm³/mol. The number of carbonyl (C=O) groups is 4. The van der Waals surface area contributed by atoms with Crippen LogP contribution in [0.2, 0.25) is 0 Å². The molecule has 2 unspecified atom stereocenters. The zero-order valence-electron chi connectivity index (χ0n) is 16.3. The number of rotatable bonds is 6. The number of hydrogen-bond donors (Lipinski definition) is 0. The van der Waals surface area contributed by atoms with Gasteiger partial charge in [0.2, 0.25) is 11.4 Å². The molecule has 0 aliphatic carbocycles. The maximum Gasteiger partial charge on any atom is 0.341 e. The van der Waals surface area contributed by atoms with Crippen molar-refractivity contribution in [1.82, 2.24) is 9.78 Å². The molecule has 0 bridgehead atoms. The summed E-state index contributed by atoms with van der Waals surface area (Å²) in [6.45, 7) is 5.31. The lowest BCUT2D eigenvalue weighted by Gasteiger charge is -2.41. The van der Waals surface area contributed by atoms with E-state index < -0.39 is 34.5 Å². The molecule has 0 saturated heterocycles. The number of ether oxygens (including phenoxy) is 2. The number of carbonyl (C=O) groups excluding carboxylic acids is 4. The minimum Gasteiger partial charge on any atom is -0.465 e. The molecule has 0 radical (unpaired) electrons. The highest BCUT2D eigenvalue weighted by atomic mass is 35.5. The lowest BCUT2D eigenvalue weighted by atomic mass is 9.82. The summed E-state index contributed by atoms with van der Waals surface area (Å²) in [5.74, 6) is -3.37. The number of esters is 2. The van der Waals surface area contributed by atoms with Crippen molar-refractivity contribution in [3.05, 3.63) is 23.5 Å². The topological polar surface area (TPSA) is 132 Å². The minimum absolute atomic E-state index is 0.0327. The van der Waals surface area contributed by atoms with Crippen LogP contribution in [0.4, 0.5) is 5.82 Å². The lowest BCUT2D eigenvalue weighted by molar-refractivity contribution is -0.159. The molecule has 29 heavy (non-hydrogen) atoms. The Bertz CT molecular complexity index is 947. The molecule has 154 valence electrons. The first-order chi connectivity index (χ1) is 13.7. The molecule has 1 aliphatic heterocycles. The van der Waals surface area contributed by atoms with Crippen molar-refractivity contribution in [1.29, 1.82) is 5.26 Å². The average molecular weight is 423 g/mol. The third-order valence-corrected chi connectivity index (χ3v) is 4.75. The van der Waals surface area contributed by atoms with Gasteiger partial charge in [-0.3, -0.25) is 19.3 Å². The molecule has 2 atom stereocenters. The van der Waals surface area contributed by atoms with Gasteiger partial charge in [-0.2, -0.15) is 10.4 Å². The summed E-state index contributed by atoms with van der Waals surface area (Å²) in [6.07, 6.45) is 2.18. The fourth-order valence-corrected chi connectivity index (χ4v) is 3.45. The third-order valence-electron chi connectivity index (χ3n) is 4.26. The molecule has 2 heterocycles. The first kappa shape index (κ1) is 22.1. The van der Waals surface area contributed by atoms with E-state index in [2.05, 4.69) is 5.10 Å². The predicted octanol–water partition coefficient (Wildman–Crippen LogP) is 1.02. The molecule has 1 amide bonds. The summed E-state index contributed by atoms with van der Waals surface area (Å²) in [5.41, 5.74) is -2.65. The quantitative estimate of drug-likeness (QED) is 0.490. The molecular weight excluding hydrogens is 404 g/mol. The van der Waals surface area contributed by atoms with Crippen molar-refractivity contribution in [3.63, 3.8) is 0 Å². The SMILES string of the molecule is CCOC(=O)C(Cl)C1(C(=O)OCC)C(C(C)=O)=CN(C(C)=O)c2c(C#N)cnn21. The minimum atomic E-state index is -2.27. The second-order valence-corrected chi connectivity index (χ2v) is 6.43. The van der Waals surface area contributed by atoms with Crippen molar-refractivity contribution >= 4 is 41.0 Å². The smallest absolute Gasteiger partial charge is 0.341 e. The van der Waals surface area contributed by atoms with E-state index in [0.717, 1.165) is 28.9 Å². The number of nitriles is 1. The summed E-state index contributed by atoms with van der Waals surface area (Å²) < 4.78 is 11.0. The number of halogens is 1. The first-order valence-electron chi connectivity index (χ1n) is 8.67. The van der Waals surface area contributed by atoms with E-state index in [1.54, 1.807) is 6.92 Å². The van der Waals surface area contributed by atoms with E-state index in [0.29, 0.717) is 0 Å². The highest BCUT2D eigenvalue weighted by molar-refractivity contribution is 6.33. The molecule has 2 rings (SSSR count). The number of alkyl halides is 1. The van der Waals surface area contributed by atoms with E-state index in [1.807, 2.05) is 6.07 Å². The van der Waals surface area contributed by atoms with Crippen LogP contribution in [0.3, 0.4) is 0 Å². The second kappa shape index (κ2) is 8.45. The Morgan fingerprint density at radius 2 is 1.86 bits per heavy atom. The number of fused-ring (bicyclic) bond motifs is 1. The molecule has 1 aromatic rings. The number of nitrogens with zero attached hydrogens (tertiary/aromatic N) is 4. The highest BCUT2D eigenvalue weighted by Gasteiger charge is 2.60. The average Bonchev–Trinajstić information content (AvgIpc) is 3.10. The van der Waals surface area contributed by atoms with Gasteiger partial charge in [-0.15, -0.1) is 11.6 Å². The van der Waals surface area contributed by atoms with Crippen LogP contribution in [0.15, 0.2) is 18.0 Å². The van der Waals surface area contributed by atoms with Gasteiger partial charge in [0.1, 0.15) is 11.6 Å². The molecule has 0 fully saturated rings. The van der Waals surface area contributed by atoms with Crippen LogP contribution in [-0.4, -0.2) is 52.0 Å². The Morgan fingerprint density at radius 1 is 1.24 bits per heavy atom. The van der Waals surface area contributed by atoms with Gasteiger partial charge in [0.25, 0.3) is 0 Å². The zero-order chi connectivity index (χ0) is 21.9. The summed E-state index contributed by atoms with van der Waals surface area (Å²) in [5, 5.41) is 11.7. The van der Waals surface area contributed by atoms with Crippen LogP contribution in [0, 0.1) is 11.3 Å². The fraction of sp³-hybridized carbons (Fsp3) is 0.444. The maximum atomic E-state index is 13.2. The number of ketones is 1. The number of Topliss-reactive ketones (excluding diaryl/α,β-unsaturated/α-hetero) is 1. The number of hydrogen-bond acceptors (Lipinski definition) is 8.